The molecule has 0 aliphatic carbocycles. The third-order valence-corrected chi connectivity index (χ3v) is 4.22. The minimum absolute atomic E-state index is 0.312. The molecule has 9 heteroatoms. The second-order valence-electron chi connectivity index (χ2n) is 7.89. The van der Waals surface area contributed by atoms with Gasteiger partial charge < -0.3 is 15.4 Å². The summed E-state index contributed by atoms with van der Waals surface area (Å²) in [6, 6.07) is 14.7. The van der Waals surface area contributed by atoms with Crippen molar-refractivity contribution in [2.24, 2.45) is 0 Å². The summed E-state index contributed by atoms with van der Waals surface area (Å²) in [6.07, 6.45) is -4.77. The van der Waals surface area contributed by atoms with Crippen LogP contribution in [0.2, 0.25) is 5.02 Å². The quantitative estimate of drug-likeness (QED) is 0.447. The number of nitrogens with zero attached hydrogens (tertiary/aromatic N) is 2. The van der Waals surface area contributed by atoms with E-state index in [-0.39, 0.29) is 11.3 Å². The summed E-state index contributed by atoms with van der Waals surface area (Å²) in [7, 11) is 0. The predicted molar refractivity (Wildman–Crippen MR) is 116 cm³/mol. The molecule has 3 rings (SSSR count). The van der Waals surface area contributed by atoms with Crippen molar-refractivity contribution in [3.63, 3.8) is 0 Å². The zero-order valence-corrected chi connectivity index (χ0v) is 18.0. The zero-order valence-electron chi connectivity index (χ0n) is 17.2. The van der Waals surface area contributed by atoms with Gasteiger partial charge in [0.1, 0.15) is 11.6 Å². The van der Waals surface area contributed by atoms with E-state index < -0.39 is 6.36 Å². The van der Waals surface area contributed by atoms with Crippen molar-refractivity contribution < 1.29 is 17.9 Å². The molecule has 0 fully saturated rings. The maximum absolute atomic E-state index is 12.6. The first-order chi connectivity index (χ1) is 14.5. The number of anilines is 2. The number of aromatic nitrogens is 2. The molecular formula is C22H22ClF3N4O. The maximum atomic E-state index is 12.6. The van der Waals surface area contributed by atoms with E-state index in [1.807, 2.05) is 32.9 Å². The van der Waals surface area contributed by atoms with Gasteiger partial charge in [-0.3, -0.25) is 0 Å². The van der Waals surface area contributed by atoms with E-state index in [1.165, 1.54) is 18.2 Å². The number of halogens is 4. The molecule has 0 saturated carbocycles. The van der Waals surface area contributed by atoms with Gasteiger partial charge in [-0.15, -0.1) is 13.2 Å². The normalized spacial score (nSPS) is 11.8. The first-order valence-electron chi connectivity index (χ1n) is 9.49. The van der Waals surface area contributed by atoms with Crippen LogP contribution in [-0.4, -0.2) is 21.9 Å². The van der Waals surface area contributed by atoms with Crippen molar-refractivity contribution in [1.29, 1.82) is 0 Å². The molecule has 0 unspecified atom stereocenters. The van der Waals surface area contributed by atoms with Crippen molar-refractivity contribution >= 4 is 23.4 Å². The molecule has 1 aromatic heterocycles. The van der Waals surface area contributed by atoms with Crippen LogP contribution < -0.4 is 15.4 Å². The largest absolute Gasteiger partial charge is 0.573 e. The first kappa shape index (κ1) is 22.7. The number of hydrogen-bond donors (Lipinski definition) is 2. The predicted octanol–water partition coefficient (Wildman–Crippen LogP) is 6.52. The highest BCUT2D eigenvalue weighted by Gasteiger charge is 2.31. The molecule has 0 saturated heterocycles. The first-order valence-corrected chi connectivity index (χ1v) is 9.86. The van der Waals surface area contributed by atoms with Crippen molar-refractivity contribution in [1.82, 2.24) is 9.97 Å². The molecule has 0 aliphatic rings. The molecule has 164 valence electrons. The van der Waals surface area contributed by atoms with Crippen molar-refractivity contribution in [2.45, 2.75) is 39.2 Å². The molecule has 5 nitrogen and oxygen atoms in total. The number of rotatable bonds is 6. The van der Waals surface area contributed by atoms with Gasteiger partial charge in [-0.25, -0.2) is 4.98 Å². The van der Waals surface area contributed by atoms with Gasteiger partial charge in [0.25, 0.3) is 0 Å². The topological polar surface area (TPSA) is 59.1 Å². The van der Waals surface area contributed by atoms with Crippen LogP contribution in [0.3, 0.4) is 0 Å². The minimum Gasteiger partial charge on any atom is -0.406 e. The Balaban J connectivity index is 1.91. The van der Waals surface area contributed by atoms with E-state index in [0.29, 0.717) is 34.6 Å². The summed E-state index contributed by atoms with van der Waals surface area (Å²) < 4.78 is 41.8. The van der Waals surface area contributed by atoms with Crippen LogP contribution in [0.25, 0.3) is 11.3 Å². The molecule has 0 atom stereocenters. The number of hydrogen-bond acceptors (Lipinski definition) is 5. The average molecular weight is 451 g/mol. The Morgan fingerprint density at radius 2 is 1.68 bits per heavy atom. The van der Waals surface area contributed by atoms with Gasteiger partial charge in [-0.1, -0.05) is 35.9 Å². The molecule has 0 bridgehead atoms. The highest BCUT2D eigenvalue weighted by molar-refractivity contribution is 6.30. The second kappa shape index (κ2) is 9.01. The second-order valence-corrected chi connectivity index (χ2v) is 8.33. The van der Waals surface area contributed by atoms with Crippen LogP contribution in [0.5, 0.6) is 5.75 Å². The fourth-order valence-corrected chi connectivity index (χ4v) is 2.85. The Bertz CT molecular complexity index is 1030. The molecule has 31 heavy (non-hydrogen) atoms. The highest BCUT2D eigenvalue weighted by Crippen LogP contribution is 2.29. The Kier molecular flexibility index (Phi) is 6.59. The fraction of sp³-hybridized carbons (Fsp3) is 0.273. The molecule has 3 aromatic rings. The zero-order chi connectivity index (χ0) is 22.6. The lowest BCUT2D eigenvalue weighted by atomic mass is 10.1. The van der Waals surface area contributed by atoms with Gasteiger partial charge in [0.2, 0.25) is 5.95 Å². The Morgan fingerprint density at radius 3 is 2.32 bits per heavy atom. The standard InChI is InChI=1S/C22H22ClF3N4O/c1-21(2,3)30-20-28-18(15-5-4-6-17(11-15)31-22(24,25)26)12-19(29-20)27-13-14-7-9-16(23)10-8-14/h4-12H,13H2,1-3H3,(H2,27,28,29,30). The molecule has 0 spiro atoms. The number of ether oxygens (including phenoxy) is 1. The van der Waals surface area contributed by atoms with Crippen LogP contribution in [0.1, 0.15) is 26.3 Å². The van der Waals surface area contributed by atoms with Crippen molar-refractivity contribution in [2.75, 3.05) is 10.6 Å². The molecule has 2 aromatic carbocycles. The van der Waals surface area contributed by atoms with Gasteiger partial charge >= 0.3 is 6.36 Å². The number of alkyl halides is 3. The Hall–Kier alpha value is -3.00. The summed E-state index contributed by atoms with van der Waals surface area (Å²) in [5, 5.41) is 7.07. The van der Waals surface area contributed by atoms with E-state index in [4.69, 9.17) is 11.6 Å². The molecule has 0 amide bonds. The van der Waals surface area contributed by atoms with Gasteiger partial charge in [-0.05, 0) is 50.6 Å². The van der Waals surface area contributed by atoms with Crippen LogP contribution in [0.4, 0.5) is 24.9 Å². The van der Waals surface area contributed by atoms with E-state index in [0.717, 1.165) is 5.56 Å². The maximum Gasteiger partial charge on any atom is 0.573 e. The smallest absolute Gasteiger partial charge is 0.406 e. The lowest BCUT2D eigenvalue weighted by Crippen LogP contribution is -2.27. The lowest BCUT2D eigenvalue weighted by molar-refractivity contribution is -0.274. The highest BCUT2D eigenvalue weighted by atomic mass is 35.5. The monoisotopic (exact) mass is 450 g/mol. The SMILES string of the molecule is CC(C)(C)Nc1nc(NCc2ccc(Cl)cc2)cc(-c2cccc(OC(F)(F)F)c2)n1. The number of benzene rings is 2. The van der Waals surface area contributed by atoms with Gasteiger partial charge in [0.05, 0.1) is 5.69 Å². The van der Waals surface area contributed by atoms with E-state index in [2.05, 4.69) is 25.3 Å². The van der Waals surface area contributed by atoms with E-state index in [1.54, 1.807) is 24.3 Å². The molecule has 0 aliphatic heterocycles. The van der Waals surface area contributed by atoms with E-state index in [9.17, 15) is 13.2 Å². The lowest BCUT2D eigenvalue weighted by Gasteiger charge is -2.21. The summed E-state index contributed by atoms with van der Waals surface area (Å²) in [4.78, 5) is 8.96. The van der Waals surface area contributed by atoms with Gasteiger partial charge in [0.15, 0.2) is 0 Å². The fourth-order valence-electron chi connectivity index (χ4n) is 2.72. The Labute approximate surface area is 183 Å². The number of nitrogens with one attached hydrogen (secondary N) is 2. The third-order valence-electron chi connectivity index (χ3n) is 3.96. The van der Waals surface area contributed by atoms with Crippen molar-refractivity contribution in [3.8, 4) is 17.0 Å². The molecule has 0 radical (unpaired) electrons. The Morgan fingerprint density at radius 1 is 0.968 bits per heavy atom. The van der Waals surface area contributed by atoms with Crippen LogP contribution in [0, 0.1) is 0 Å². The summed E-state index contributed by atoms with van der Waals surface area (Å²) in [5.41, 5.74) is 1.60. The summed E-state index contributed by atoms with van der Waals surface area (Å²) >= 11 is 5.92. The average Bonchev–Trinajstić information content (AvgIpc) is 2.65. The van der Waals surface area contributed by atoms with E-state index >= 15 is 0 Å². The summed E-state index contributed by atoms with van der Waals surface area (Å²) in [5.74, 6) is 0.559. The van der Waals surface area contributed by atoms with Crippen LogP contribution in [0.15, 0.2) is 54.6 Å². The van der Waals surface area contributed by atoms with Crippen molar-refractivity contribution in [3.05, 3.63) is 65.2 Å². The van der Waals surface area contributed by atoms with Crippen LogP contribution >= 0.6 is 11.6 Å². The molecular weight excluding hydrogens is 429 g/mol. The molecule has 2 N–H and O–H groups in total. The molecule has 1 heterocycles. The summed E-state index contributed by atoms with van der Waals surface area (Å²) in [6.45, 7) is 6.37. The minimum atomic E-state index is -4.77. The third kappa shape index (κ3) is 7.32. The van der Waals surface area contributed by atoms with Gasteiger partial charge in [0, 0.05) is 28.7 Å². The van der Waals surface area contributed by atoms with Gasteiger partial charge in [-0.2, -0.15) is 4.98 Å². The van der Waals surface area contributed by atoms with Crippen LogP contribution in [-0.2, 0) is 6.54 Å².